The first-order valence-electron chi connectivity index (χ1n) is 8.14. The van der Waals surface area contributed by atoms with Gasteiger partial charge in [0.25, 0.3) is 0 Å². The van der Waals surface area contributed by atoms with Gasteiger partial charge in [0.2, 0.25) is 0 Å². The van der Waals surface area contributed by atoms with Gasteiger partial charge in [-0.15, -0.1) is 5.06 Å². The topological polar surface area (TPSA) is 65.1 Å². The van der Waals surface area contributed by atoms with E-state index in [0.717, 1.165) is 12.1 Å². The first-order chi connectivity index (χ1) is 12.1. The summed E-state index contributed by atoms with van der Waals surface area (Å²) in [5, 5.41) is 1.36. The maximum absolute atomic E-state index is 14.2. The van der Waals surface area contributed by atoms with Gasteiger partial charge in [0.15, 0.2) is 12.1 Å². The van der Waals surface area contributed by atoms with Crippen molar-refractivity contribution in [3.63, 3.8) is 0 Å². The standard InChI is InChI=1S/C18H23F2NO5/c1-18(2,3)17(23)26-21-8-11(9-21)15(22)10-6-12(19)14(13(20)7-10)16(24-4)25-5/h6-7,11,16H,8-9H2,1-5H3. The van der Waals surface area contributed by atoms with Crippen LogP contribution in [0.4, 0.5) is 8.78 Å². The van der Waals surface area contributed by atoms with Crippen LogP contribution in [-0.4, -0.2) is 44.1 Å². The lowest BCUT2D eigenvalue weighted by Gasteiger charge is -2.37. The highest BCUT2D eigenvalue weighted by Gasteiger charge is 2.38. The van der Waals surface area contributed by atoms with Gasteiger partial charge in [0.1, 0.15) is 11.6 Å². The summed E-state index contributed by atoms with van der Waals surface area (Å²) in [4.78, 5) is 29.4. The van der Waals surface area contributed by atoms with Crippen LogP contribution in [0.15, 0.2) is 12.1 Å². The first kappa shape index (κ1) is 20.4. The van der Waals surface area contributed by atoms with Crippen molar-refractivity contribution in [3.05, 3.63) is 34.9 Å². The van der Waals surface area contributed by atoms with E-state index in [4.69, 9.17) is 14.3 Å². The minimum absolute atomic E-state index is 0.0819. The van der Waals surface area contributed by atoms with Gasteiger partial charge in [0, 0.05) is 32.9 Å². The predicted octanol–water partition coefficient (Wildman–Crippen LogP) is 2.88. The number of Topliss-reactive ketones (excluding diaryl/α,β-unsaturated/α-hetero) is 1. The van der Waals surface area contributed by atoms with Gasteiger partial charge in [-0.25, -0.2) is 13.6 Å². The molecule has 1 aliphatic rings. The van der Waals surface area contributed by atoms with Gasteiger partial charge >= 0.3 is 5.97 Å². The van der Waals surface area contributed by atoms with Crippen LogP contribution >= 0.6 is 0 Å². The highest BCUT2D eigenvalue weighted by molar-refractivity contribution is 5.98. The number of hydrogen-bond donors (Lipinski definition) is 0. The lowest BCUT2D eigenvalue weighted by Crippen LogP contribution is -2.52. The Hall–Kier alpha value is -1.90. The fraction of sp³-hybridized carbons (Fsp3) is 0.556. The number of rotatable bonds is 6. The molecular formula is C18H23F2NO5. The molecule has 1 fully saturated rings. The Morgan fingerprint density at radius 2 is 1.62 bits per heavy atom. The molecule has 144 valence electrons. The molecule has 0 atom stereocenters. The van der Waals surface area contributed by atoms with Gasteiger partial charge in [-0.2, -0.15) is 0 Å². The Kier molecular flexibility index (Phi) is 6.10. The average Bonchev–Trinajstić information content (AvgIpc) is 2.51. The molecule has 26 heavy (non-hydrogen) atoms. The highest BCUT2D eigenvalue weighted by Crippen LogP contribution is 2.28. The summed E-state index contributed by atoms with van der Waals surface area (Å²) in [5.41, 5.74) is -1.13. The molecule has 1 aliphatic heterocycles. The van der Waals surface area contributed by atoms with Crippen molar-refractivity contribution in [2.75, 3.05) is 27.3 Å². The number of carbonyl (C=O) groups is 2. The normalized spacial score (nSPS) is 15.8. The van der Waals surface area contributed by atoms with E-state index >= 15 is 0 Å². The van der Waals surface area contributed by atoms with E-state index in [2.05, 4.69) is 0 Å². The van der Waals surface area contributed by atoms with Crippen LogP contribution < -0.4 is 0 Å². The minimum atomic E-state index is -1.20. The van der Waals surface area contributed by atoms with Crippen LogP contribution in [0.1, 0.15) is 43.0 Å². The predicted molar refractivity (Wildman–Crippen MR) is 88.1 cm³/mol. The molecule has 2 rings (SSSR count). The van der Waals surface area contributed by atoms with Gasteiger partial charge in [-0.1, -0.05) is 0 Å². The number of benzene rings is 1. The number of ketones is 1. The molecule has 0 unspecified atom stereocenters. The second-order valence-corrected chi connectivity index (χ2v) is 7.19. The largest absolute Gasteiger partial charge is 0.367 e. The van der Waals surface area contributed by atoms with Crippen molar-refractivity contribution in [2.24, 2.45) is 11.3 Å². The van der Waals surface area contributed by atoms with Gasteiger partial charge in [-0.05, 0) is 32.9 Å². The van der Waals surface area contributed by atoms with E-state index < -0.39 is 41.0 Å². The SMILES string of the molecule is COC(OC)c1c(F)cc(C(=O)C2CN(OC(=O)C(C)(C)C)C2)cc1F. The van der Waals surface area contributed by atoms with Crippen LogP contribution in [-0.2, 0) is 19.1 Å². The van der Waals surface area contributed by atoms with E-state index in [1.807, 2.05) is 0 Å². The van der Waals surface area contributed by atoms with Gasteiger partial charge < -0.3 is 14.3 Å². The zero-order valence-electron chi connectivity index (χ0n) is 15.5. The van der Waals surface area contributed by atoms with Crippen molar-refractivity contribution in [3.8, 4) is 0 Å². The highest BCUT2D eigenvalue weighted by atomic mass is 19.1. The molecule has 0 bridgehead atoms. The zero-order chi connectivity index (χ0) is 19.6. The lowest BCUT2D eigenvalue weighted by atomic mass is 9.91. The molecule has 0 aromatic heterocycles. The van der Waals surface area contributed by atoms with E-state index in [1.54, 1.807) is 20.8 Å². The fourth-order valence-corrected chi connectivity index (χ4v) is 2.45. The summed E-state index contributed by atoms with van der Waals surface area (Å²) in [6.45, 7) is 5.53. The summed E-state index contributed by atoms with van der Waals surface area (Å²) >= 11 is 0. The minimum Gasteiger partial charge on any atom is -0.367 e. The van der Waals surface area contributed by atoms with Crippen LogP contribution in [0.5, 0.6) is 0 Å². The molecule has 0 radical (unpaired) electrons. The summed E-state index contributed by atoms with van der Waals surface area (Å²) < 4.78 is 38.2. The summed E-state index contributed by atoms with van der Waals surface area (Å²) in [5.74, 6) is -3.15. The van der Waals surface area contributed by atoms with Crippen molar-refractivity contribution in [1.82, 2.24) is 5.06 Å². The van der Waals surface area contributed by atoms with E-state index in [0.29, 0.717) is 0 Å². The molecule has 1 saturated heterocycles. The number of nitrogens with zero attached hydrogens (tertiary/aromatic N) is 1. The molecular weight excluding hydrogens is 348 g/mol. The van der Waals surface area contributed by atoms with Crippen molar-refractivity contribution >= 4 is 11.8 Å². The second-order valence-electron chi connectivity index (χ2n) is 7.19. The Morgan fingerprint density at radius 3 is 2.04 bits per heavy atom. The van der Waals surface area contributed by atoms with Crippen molar-refractivity contribution < 1.29 is 32.7 Å². The third-order valence-electron chi connectivity index (χ3n) is 4.07. The maximum Gasteiger partial charge on any atom is 0.330 e. The second kappa shape index (κ2) is 7.77. The molecule has 0 saturated carbocycles. The first-order valence-corrected chi connectivity index (χ1v) is 8.14. The Labute approximate surface area is 151 Å². The Morgan fingerprint density at radius 1 is 1.12 bits per heavy atom. The van der Waals surface area contributed by atoms with Crippen LogP contribution in [0.25, 0.3) is 0 Å². The van der Waals surface area contributed by atoms with E-state index in [1.165, 1.54) is 19.3 Å². The lowest BCUT2D eigenvalue weighted by molar-refractivity contribution is -0.223. The Balaban J connectivity index is 2.05. The molecule has 0 N–H and O–H groups in total. The summed E-state index contributed by atoms with van der Waals surface area (Å²) in [7, 11) is 2.52. The molecule has 0 amide bonds. The number of hydrogen-bond acceptors (Lipinski definition) is 6. The zero-order valence-corrected chi connectivity index (χ0v) is 15.5. The molecule has 0 aliphatic carbocycles. The number of carbonyl (C=O) groups excluding carboxylic acids is 2. The molecule has 8 heteroatoms. The Bertz CT molecular complexity index is 668. The third kappa shape index (κ3) is 4.25. The summed E-state index contributed by atoms with van der Waals surface area (Å²) in [6.07, 6.45) is -1.20. The quantitative estimate of drug-likeness (QED) is 0.566. The monoisotopic (exact) mass is 371 g/mol. The van der Waals surface area contributed by atoms with Crippen LogP contribution in [0.3, 0.4) is 0 Å². The van der Waals surface area contributed by atoms with Gasteiger partial charge in [-0.3, -0.25) is 4.79 Å². The fourth-order valence-electron chi connectivity index (χ4n) is 2.45. The summed E-state index contributed by atoms with van der Waals surface area (Å²) in [6, 6.07) is 1.94. The molecule has 1 aromatic rings. The maximum atomic E-state index is 14.2. The average molecular weight is 371 g/mol. The number of hydroxylamine groups is 2. The number of halogens is 2. The number of ether oxygens (including phenoxy) is 2. The van der Waals surface area contributed by atoms with Crippen molar-refractivity contribution in [2.45, 2.75) is 27.1 Å². The van der Waals surface area contributed by atoms with Crippen molar-refractivity contribution in [1.29, 1.82) is 0 Å². The molecule has 1 aromatic carbocycles. The molecule has 6 nitrogen and oxygen atoms in total. The third-order valence-corrected chi connectivity index (χ3v) is 4.07. The van der Waals surface area contributed by atoms with E-state index in [9.17, 15) is 18.4 Å². The number of methoxy groups -OCH3 is 2. The van der Waals surface area contributed by atoms with Crippen LogP contribution in [0, 0.1) is 23.0 Å². The van der Waals surface area contributed by atoms with Gasteiger partial charge in [0.05, 0.1) is 16.9 Å². The van der Waals surface area contributed by atoms with Crippen LogP contribution in [0.2, 0.25) is 0 Å². The molecule has 0 spiro atoms. The van der Waals surface area contributed by atoms with E-state index in [-0.39, 0.29) is 24.2 Å². The molecule has 1 heterocycles. The smallest absolute Gasteiger partial charge is 0.330 e.